The van der Waals surface area contributed by atoms with Crippen molar-refractivity contribution in [1.29, 1.82) is 0 Å². The first kappa shape index (κ1) is 17.4. The van der Waals surface area contributed by atoms with Crippen LogP contribution in [0.3, 0.4) is 0 Å². The van der Waals surface area contributed by atoms with E-state index in [4.69, 9.17) is 14.2 Å². The van der Waals surface area contributed by atoms with Crippen LogP contribution in [0.2, 0.25) is 0 Å². The highest BCUT2D eigenvalue weighted by Crippen LogP contribution is 1.89. The van der Waals surface area contributed by atoms with E-state index in [0.29, 0.717) is 13.2 Å². The van der Waals surface area contributed by atoms with E-state index < -0.39 is 0 Å². The Morgan fingerprint density at radius 3 is 2.50 bits per heavy atom. The summed E-state index contributed by atoms with van der Waals surface area (Å²) in [5, 5.41) is 3.22. The summed E-state index contributed by atoms with van der Waals surface area (Å²) in [5.41, 5.74) is 0. The van der Waals surface area contributed by atoms with E-state index in [1.54, 1.807) is 6.92 Å². The van der Waals surface area contributed by atoms with Crippen LogP contribution in [0.15, 0.2) is 0 Å². The fourth-order valence-electron chi connectivity index (χ4n) is 1.28. The predicted octanol–water partition coefficient (Wildman–Crippen LogP) is 1.36. The molecule has 0 heterocycles. The van der Waals surface area contributed by atoms with Crippen LogP contribution in [0.1, 0.15) is 33.1 Å². The highest BCUT2D eigenvalue weighted by atomic mass is 16.6. The van der Waals surface area contributed by atoms with Gasteiger partial charge in [-0.05, 0) is 26.3 Å². The van der Waals surface area contributed by atoms with Crippen molar-refractivity contribution < 1.29 is 19.0 Å². The normalized spacial score (nSPS) is 10.6. The van der Waals surface area contributed by atoms with Gasteiger partial charge in [-0.3, -0.25) is 0 Å². The second-order valence-corrected chi connectivity index (χ2v) is 3.93. The molecule has 0 amide bonds. The molecular formula is C13H27NO4. The third kappa shape index (κ3) is 13.4. The largest absolute Gasteiger partial charge is 0.464 e. The van der Waals surface area contributed by atoms with Gasteiger partial charge in [-0.25, -0.2) is 4.79 Å². The molecule has 0 saturated heterocycles. The van der Waals surface area contributed by atoms with Gasteiger partial charge < -0.3 is 19.5 Å². The molecule has 0 rings (SSSR count). The Labute approximate surface area is 110 Å². The van der Waals surface area contributed by atoms with E-state index in [2.05, 4.69) is 12.2 Å². The van der Waals surface area contributed by atoms with E-state index in [0.717, 1.165) is 39.1 Å². The number of carbonyl (C=O) groups excluding carboxylic acids is 1. The first-order valence-corrected chi connectivity index (χ1v) is 6.83. The van der Waals surface area contributed by atoms with Crippen LogP contribution < -0.4 is 5.32 Å². The molecule has 0 aliphatic rings. The Balaban J connectivity index is 3.01. The molecule has 0 spiro atoms. The lowest BCUT2D eigenvalue weighted by Gasteiger charge is -2.06. The molecule has 18 heavy (non-hydrogen) atoms. The Morgan fingerprint density at radius 2 is 1.78 bits per heavy atom. The number of unbranched alkanes of at least 4 members (excludes halogenated alkanes) is 1. The molecular weight excluding hydrogens is 234 g/mol. The molecule has 0 aromatic carbocycles. The summed E-state index contributed by atoms with van der Waals surface area (Å²) in [6.07, 6.45) is 3.31. The molecule has 5 heteroatoms. The zero-order chi connectivity index (χ0) is 13.5. The average Bonchev–Trinajstić information content (AvgIpc) is 2.36. The standard InChI is InChI=1S/C13H27NO4/c1-3-5-9-16-10-6-7-14-8-11-17-12-13(15)18-4-2/h14H,3-12H2,1-2H3. The van der Waals surface area contributed by atoms with Crippen molar-refractivity contribution in [2.75, 3.05) is 46.1 Å². The summed E-state index contributed by atoms with van der Waals surface area (Å²) in [7, 11) is 0. The van der Waals surface area contributed by atoms with Crippen LogP contribution in [0.5, 0.6) is 0 Å². The summed E-state index contributed by atoms with van der Waals surface area (Å²) in [6, 6.07) is 0. The maximum absolute atomic E-state index is 10.9. The minimum Gasteiger partial charge on any atom is -0.464 e. The van der Waals surface area contributed by atoms with Gasteiger partial charge in [0.25, 0.3) is 0 Å². The number of rotatable bonds is 13. The Morgan fingerprint density at radius 1 is 1.00 bits per heavy atom. The van der Waals surface area contributed by atoms with Crippen molar-refractivity contribution in [2.24, 2.45) is 0 Å². The summed E-state index contributed by atoms with van der Waals surface area (Å²) in [5.74, 6) is -0.304. The van der Waals surface area contributed by atoms with Crippen molar-refractivity contribution in [1.82, 2.24) is 5.32 Å². The lowest BCUT2D eigenvalue weighted by molar-refractivity contribution is -0.148. The zero-order valence-corrected chi connectivity index (χ0v) is 11.7. The monoisotopic (exact) mass is 261 g/mol. The van der Waals surface area contributed by atoms with E-state index in [1.165, 1.54) is 6.42 Å². The Bertz CT molecular complexity index is 188. The summed E-state index contributed by atoms with van der Waals surface area (Å²) < 4.78 is 15.3. The van der Waals surface area contributed by atoms with E-state index >= 15 is 0 Å². The van der Waals surface area contributed by atoms with Crippen LogP contribution in [0.25, 0.3) is 0 Å². The van der Waals surface area contributed by atoms with Crippen LogP contribution in [0, 0.1) is 0 Å². The molecule has 0 bridgehead atoms. The van der Waals surface area contributed by atoms with E-state index in [1.807, 2.05) is 0 Å². The molecule has 1 N–H and O–H groups in total. The SMILES string of the molecule is CCCCOCCCNCCOCC(=O)OCC. The minimum absolute atomic E-state index is 0.0374. The number of ether oxygens (including phenoxy) is 3. The lowest BCUT2D eigenvalue weighted by atomic mass is 10.4. The van der Waals surface area contributed by atoms with Crippen molar-refractivity contribution >= 4 is 5.97 Å². The quantitative estimate of drug-likeness (QED) is 0.401. The van der Waals surface area contributed by atoms with Crippen molar-refractivity contribution in [2.45, 2.75) is 33.1 Å². The molecule has 0 unspecified atom stereocenters. The smallest absolute Gasteiger partial charge is 0.332 e. The van der Waals surface area contributed by atoms with Gasteiger partial charge in [0.15, 0.2) is 0 Å². The first-order chi connectivity index (χ1) is 8.81. The predicted molar refractivity (Wildman–Crippen MR) is 70.7 cm³/mol. The molecule has 0 aliphatic heterocycles. The topological polar surface area (TPSA) is 56.8 Å². The average molecular weight is 261 g/mol. The zero-order valence-electron chi connectivity index (χ0n) is 11.7. The molecule has 0 radical (unpaired) electrons. The second kappa shape index (κ2) is 14.4. The van der Waals surface area contributed by atoms with Gasteiger partial charge in [-0.2, -0.15) is 0 Å². The summed E-state index contributed by atoms with van der Waals surface area (Å²) >= 11 is 0. The summed E-state index contributed by atoms with van der Waals surface area (Å²) in [4.78, 5) is 10.9. The van der Waals surface area contributed by atoms with Crippen LogP contribution in [-0.4, -0.2) is 52.1 Å². The van der Waals surface area contributed by atoms with Gasteiger partial charge >= 0.3 is 5.97 Å². The highest BCUT2D eigenvalue weighted by molar-refractivity contribution is 5.70. The van der Waals surface area contributed by atoms with E-state index in [-0.39, 0.29) is 12.6 Å². The Kier molecular flexibility index (Phi) is 13.9. The Hall–Kier alpha value is -0.650. The maximum Gasteiger partial charge on any atom is 0.332 e. The molecule has 0 aromatic heterocycles. The van der Waals surface area contributed by atoms with Crippen molar-refractivity contribution in [3.8, 4) is 0 Å². The van der Waals surface area contributed by atoms with Crippen LogP contribution in [-0.2, 0) is 19.0 Å². The second-order valence-electron chi connectivity index (χ2n) is 3.93. The van der Waals surface area contributed by atoms with Gasteiger partial charge in [-0.15, -0.1) is 0 Å². The summed E-state index contributed by atoms with van der Waals surface area (Å²) in [6.45, 7) is 8.21. The molecule has 0 atom stereocenters. The van der Waals surface area contributed by atoms with Gasteiger partial charge in [0.2, 0.25) is 0 Å². The van der Waals surface area contributed by atoms with Crippen molar-refractivity contribution in [3.63, 3.8) is 0 Å². The van der Waals surface area contributed by atoms with Gasteiger partial charge in [-0.1, -0.05) is 13.3 Å². The van der Waals surface area contributed by atoms with Gasteiger partial charge in [0, 0.05) is 19.8 Å². The van der Waals surface area contributed by atoms with Crippen LogP contribution in [0.4, 0.5) is 0 Å². The highest BCUT2D eigenvalue weighted by Gasteiger charge is 1.99. The maximum atomic E-state index is 10.9. The fourth-order valence-corrected chi connectivity index (χ4v) is 1.28. The van der Waals surface area contributed by atoms with Crippen molar-refractivity contribution in [3.05, 3.63) is 0 Å². The number of hydrogen-bond donors (Lipinski definition) is 1. The van der Waals surface area contributed by atoms with Gasteiger partial charge in [0.05, 0.1) is 13.2 Å². The number of esters is 1. The number of hydrogen-bond acceptors (Lipinski definition) is 5. The molecule has 0 aliphatic carbocycles. The molecule has 108 valence electrons. The number of nitrogens with one attached hydrogen (secondary N) is 1. The van der Waals surface area contributed by atoms with E-state index in [9.17, 15) is 4.79 Å². The number of carbonyl (C=O) groups is 1. The third-order valence-electron chi connectivity index (χ3n) is 2.23. The fraction of sp³-hybridized carbons (Fsp3) is 0.923. The molecule has 0 aromatic rings. The molecule has 0 saturated carbocycles. The van der Waals surface area contributed by atoms with Gasteiger partial charge in [0.1, 0.15) is 6.61 Å². The lowest BCUT2D eigenvalue weighted by Crippen LogP contribution is -2.23. The first-order valence-electron chi connectivity index (χ1n) is 6.83. The molecule has 5 nitrogen and oxygen atoms in total. The third-order valence-corrected chi connectivity index (χ3v) is 2.23. The van der Waals surface area contributed by atoms with Crippen LogP contribution >= 0.6 is 0 Å². The molecule has 0 fully saturated rings. The minimum atomic E-state index is -0.304.